The van der Waals surface area contributed by atoms with Crippen LogP contribution in [0, 0.1) is 5.92 Å². The predicted octanol–water partition coefficient (Wildman–Crippen LogP) is -0.0781. The largest absolute Gasteiger partial charge is 0.480 e. The van der Waals surface area contributed by atoms with Crippen LogP contribution in [0.4, 0.5) is 0 Å². The smallest absolute Gasteiger partial charge is 0.322 e. The molecular weight excluding hydrogens is 262 g/mol. The van der Waals surface area contributed by atoms with Crippen LogP contribution in [0.25, 0.3) is 0 Å². The molecule has 0 fully saturated rings. The van der Waals surface area contributed by atoms with Gasteiger partial charge in [0.2, 0.25) is 10.0 Å². The normalized spacial score (nSPS) is 11.8. The highest BCUT2D eigenvalue weighted by Gasteiger charge is 2.28. The first-order chi connectivity index (χ1) is 8.19. The summed E-state index contributed by atoms with van der Waals surface area (Å²) in [7, 11) is -3.96. The lowest BCUT2D eigenvalue weighted by Crippen LogP contribution is -2.41. The van der Waals surface area contributed by atoms with E-state index >= 15 is 0 Å². The van der Waals surface area contributed by atoms with Crippen molar-refractivity contribution in [2.75, 3.05) is 25.4 Å². The molecule has 0 amide bonds. The van der Waals surface area contributed by atoms with Gasteiger partial charge in [-0.2, -0.15) is 4.31 Å². The zero-order valence-corrected chi connectivity index (χ0v) is 11.6. The molecule has 0 aromatic carbocycles. The minimum atomic E-state index is -3.96. The Labute approximate surface area is 107 Å². The lowest BCUT2D eigenvalue weighted by atomic mass is 10.2. The van der Waals surface area contributed by atoms with Crippen LogP contribution >= 0.6 is 0 Å². The monoisotopic (exact) mass is 281 g/mol. The van der Waals surface area contributed by atoms with Crippen LogP contribution in [-0.4, -0.2) is 55.2 Å². The number of hydrogen-bond acceptors (Lipinski definition) is 5. The molecule has 0 aromatic rings. The molecule has 0 aliphatic carbocycles. The SMILES string of the molecule is CCOC(=O)CS(=O)(=O)N(CC(=O)O)CC(C)C. The number of esters is 1. The van der Waals surface area contributed by atoms with Crippen molar-refractivity contribution in [2.45, 2.75) is 20.8 Å². The number of carbonyl (C=O) groups is 2. The first kappa shape index (κ1) is 16.9. The molecule has 7 nitrogen and oxygen atoms in total. The molecule has 0 bridgehead atoms. The van der Waals surface area contributed by atoms with Crippen LogP contribution < -0.4 is 0 Å². The van der Waals surface area contributed by atoms with E-state index in [2.05, 4.69) is 4.74 Å². The first-order valence-electron chi connectivity index (χ1n) is 5.54. The number of sulfonamides is 1. The van der Waals surface area contributed by atoms with Crippen molar-refractivity contribution in [1.29, 1.82) is 0 Å². The highest BCUT2D eigenvalue weighted by atomic mass is 32.2. The summed E-state index contributed by atoms with van der Waals surface area (Å²) in [5.74, 6) is -3.01. The third-order valence-electron chi connectivity index (χ3n) is 1.88. The molecule has 0 saturated heterocycles. The van der Waals surface area contributed by atoms with Crippen LogP contribution in [-0.2, 0) is 24.3 Å². The Morgan fingerprint density at radius 1 is 1.33 bits per heavy atom. The average molecular weight is 281 g/mol. The van der Waals surface area contributed by atoms with E-state index in [-0.39, 0.29) is 19.1 Å². The van der Waals surface area contributed by atoms with Crippen molar-refractivity contribution < 1.29 is 27.9 Å². The van der Waals surface area contributed by atoms with Gasteiger partial charge in [-0.1, -0.05) is 13.8 Å². The topological polar surface area (TPSA) is 101 Å². The molecule has 18 heavy (non-hydrogen) atoms. The summed E-state index contributed by atoms with van der Waals surface area (Å²) in [6.07, 6.45) is 0. The molecule has 0 atom stereocenters. The zero-order chi connectivity index (χ0) is 14.3. The fourth-order valence-electron chi connectivity index (χ4n) is 1.28. The summed E-state index contributed by atoms with van der Waals surface area (Å²) < 4.78 is 29.0. The molecule has 0 aliphatic rings. The molecule has 0 spiro atoms. The van der Waals surface area contributed by atoms with Gasteiger partial charge < -0.3 is 9.84 Å². The lowest BCUT2D eigenvalue weighted by molar-refractivity contribution is -0.140. The van der Waals surface area contributed by atoms with Gasteiger partial charge in [0, 0.05) is 6.54 Å². The van der Waals surface area contributed by atoms with Crippen LogP contribution in [0.15, 0.2) is 0 Å². The highest BCUT2D eigenvalue weighted by molar-refractivity contribution is 7.89. The summed E-state index contributed by atoms with van der Waals surface area (Å²) >= 11 is 0. The van der Waals surface area contributed by atoms with Gasteiger partial charge >= 0.3 is 11.9 Å². The molecular formula is C10H19NO6S. The molecule has 106 valence electrons. The number of aliphatic carboxylic acids is 1. The maximum Gasteiger partial charge on any atom is 0.322 e. The second kappa shape index (κ2) is 7.32. The van der Waals surface area contributed by atoms with Crippen LogP contribution in [0.2, 0.25) is 0 Å². The van der Waals surface area contributed by atoms with Crippen LogP contribution in [0.3, 0.4) is 0 Å². The van der Waals surface area contributed by atoms with Gasteiger partial charge in [0.05, 0.1) is 6.61 Å². The van der Waals surface area contributed by atoms with Crippen molar-refractivity contribution in [3.8, 4) is 0 Å². The minimum absolute atomic E-state index is 0.0404. The Morgan fingerprint density at radius 3 is 2.28 bits per heavy atom. The van der Waals surface area contributed by atoms with Gasteiger partial charge in [0.1, 0.15) is 6.54 Å². The summed E-state index contributed by atoms with van der Waals surface area (Å²) in [5, 5.41) is 8.68. The molecule has 0 heterocycles. The quantitative estimate of drug-likeness (QED) is 0.625. The van der Waals surface area contributed by atoms with Gasteiger partial charge in [-0.25, -0.2) is 8.42 Å². The van der Waals surface area contributed by atoms with Gasteiger partial charge in [-0.15, -0.1) is 0 Å². The van der Waals surface area contributed by atoms with Gasteiger partial charge in [-0.05, 0) is 12.8 Å². The summed E-state index contributed by atoms with van der Waals surface area (Å²) in [4.78, 5) is 21.8. The number of carboxylic acid groups (broad SMARTS) is 1. The number of nitrogens with zero attached hydrogens (tertiary/aromatic N) is 1. The first-order valence-corrected chi connectivity index (χ1v) is 7.15. The molecule has 0 aromatic heterocycles. The van der Waals surface area contributed by atoms with Gasteiger partial charge in [-0.3, -0.25) is 9.59 Å². The van der Waals surface area contributed by atoms with Crippen molar-refractivity contribution >= 4 is 22.0 Å². The standard InChI is InChI=1S/C10H19NO6S/c1-4-17-10(14)7-18(15,16)11(5-8(2)3)6-9(12)13/h8H,4-7H2,1-3H3,(H,12,13). The van der Waals surface area contributed by atoms with E-state index in [0.29, 0.717) is 0 Å². The van der Waals surface area contributed by atoms with E-state index in [9.17, 15) is 18.0 Å². The van der Waals surface area contributed by atoms with Gasteiger partial charge in [0.15, 0.2) is 5.75 Å². The average Bonchev–Trinajstić information content (AvgIpc) is 2.14. The Kier molecular flexibility index (Phi) is 6.85. The summed E-state index contributed by atoms with van der Waals surface area (Å²) in [5.41, 5.74) is 0. The highest BCUT2D eigenvalue weighted by Crippen LogP contribution is 2.07. The maximum atomic E-state index is 11.8. The van der Waals surface area contributed by atoms with Crippen molar-refractivity contribution in [1.82, 2.24) is 4.31 Å². The van der Waals surface area contributed by atoms with Crippen molar-refractivity contribution in [3.05, 3.63) is 0 Å². The number of hydrogen-bond donors (Lipinski definition) is 1. The zero-order valence-electron chi connectivity index (χ0n) is 10.7. The molecule has 0 saturated carbocycles. The molecule has 0 radical (unpaired) electrons. The number of carbonyl (C=O) groups excluding carboxylic acids is 1. The summed E-state index contributed by atoms with van der Waals surface area (Å²) in [6.45, 7) is 4.56. The number of carboxylic acids is 1. The van der Waals surface area contributed by atoms with E-state index in [1.54, 1.807) is 20.8 Å². The van der Waals surface area contributed by atoms with E-state index in [4.69, 9.17) is 5.11 Å². The van der Waals surface area contributed by atoms with Crippen LogP contribution in [0.5, 0.6) is 0 Å². The maximum absolute atomic E-state index is 11.8. The summed E-state index contributed by atoms with van der Waals surface area (Å²) in [6, 6.07) is 0. The second-order valence-corrected chi connectivity index (χ2v) is 6.11. The fourth-order valence-corrected chi connectivity index (χ4v) is 2.67. The van der Waals surface area contributed by atoms with E-state index < -0.39 is 34.3 Å². The third-order valence-corrected chi connectivity index (χ3v) is 3.54. The van der Waals surface area contributed by atoms with E-state index in [1.807, 2.05) is 0 Å². The van der Waals surface area contributed by atoms with Crippen LogP contribution in [0.1, 0.15) is 20.8 Å². The molecule has 1 N–H and O–H groups in total. The Hall–Kier alpha value is -1.15. The van der Waals surface area contributed by atoms with Gasteiger partial charge in [0.25, 0.3) is 0 Å². The number of ether oxygens (including phenoxy) is 1. The number of rotatable bonds is 8. The fraction of sp³-hybridized carbons (Fsp3) is 0.800. The van der Waals surface area contributed by atoms with E-state index in [1.165, 1.54) is 0 Å². The van der Waals surface area contributed by atoms with Crippen molar-refractivity contribution in [2.24, 2.45) is 5.92 Å². The Morgan fingerprint density at radius 2 is 1.89 bits per heavy atom. The molecule has 8 heteroatoms. The predicted molar refractivity (Wildman–Crippen MR) is 64.5 cm³/mol. The molecule has 0 unspecified atom stereocenters. The van der Waals surface area contributed by atoms with Crippen molar-refractivity contribution in [3.63, 3.8) is 0 Å². The lowest BCUT2D eigenvalue weighted by Gasteiger charge is -2.21. The third kappa shape index (κ3) is 6.55. The molecule has 0 rings (SSSR count). The van der Waals surface area contributed by atoms with E-state index in [0.717, 1.165) is 4.31 Å². The molecule has 0 aliphatic heterocycles. The minimum Gasteiger partial charge on any atom is -0.480 e. The second-order valence-electron chi connectivity index (χ2n) is 4.14. The Balaban J connectivity index is 4.84. The Bertz CT molecular complexity index is 389.